The third-order valence-electron chi connectivity index (χ3n) is 9.13. The van der Waals surface area contributed by atoms with Gasteiger partial charge in [-0.15, -0.1) is 0 Å². The van der Waals surface area contributed by atoms with E-state index in [1.165, 1.54) is 18.7 Å². The molecule has 5 aliphatic rings. The lowest BCUT2D eigenvalue weighted by Gasteiger charge is -2.56. The van der Waals surface area contributed by atoms with Crippen LogP contribution >= 0.6 is 0 Å². The Labute approximate surface area is 222 Å². The highest BCUT2D eigenvalue weighted by molar-refractivity contribution is 7.91. The highest BCUT2D eigenvalue weighted by Crippen LogP contribution is 2.58. The smallest absolute Gasteiger partial charge is 0.344 e. The van der Waals surface area contributed by atoms with E-state index in [1.807, 2.05) is 0 Å². The van der Waals surface area contributed by atoms with Gasteiger partial charge in [0.05, 0.1) is 10.8 Å². The Morgan fingerprint density at radius 3 is 1.84 bits per heavy atom. The largest absolute Gasteiger partial charge is 0.452 e. The molecule has 1 unspecified atom stereocenters. The molecule has 0 spiro atoms. The second-order valence-corrected chi connectivity index (χ2v) is 14.8. The van der Waals surface area contributed by atoms with E-state index in [9.17, 15) is 36.0 Å². The molecule has 8 nitrogen and oxygen atoms in total. The third-order valence-corrected chi connectivity index (χ3v) is 11.3. The van der Waals surface area contributed by atoms with Gasteiger partial charge in [0.1, 0.15) is 12.1 Å². The number of halogens is 3. The number of hydrogen-bond acceptors (Lipinski definition) is 5. The molecule has 0 radical (unpaired) electrons. The van der Waals surface area contributed by atoms with Crippen LogP contribution in [0.4, 0.5) is 13.2 Å². The summed E-state index contributed by atoms with van der Waals surface area (Å²) in [5, 5.41) is 2.21. The van der Waals surface area contributed by atoms with Crippen molar-refractivity contribution < 1.29 is 36.0 Å². The molecule has 2 N–H and O–H groups in total. The lowest BCUT2D eigenvalue weighted by molar-refractivity contribution is -0.175. The normalized spacial score (nSPS) is 32.6. The van der Waals surface area contributed by atoms with Crippen LogP contribution < -0.4 is 10.0 Å². The van der Waals surface area contributed by atoms with Gasteiger partial charge in [-0.3, -0.25) is 14.4 Å². The first-order chi connectivity index (χ1) is 17.5. The lowest BCUT2D eigenvalue weighted by atomic mass is 9.56. The molecule has 1 aliphatic heterocycles. The van der Waals surface area contributed by atoms with Gasteiger partial charge in [-0.2, -0.15) is 13.2 Å². The van der Waals surface area contributed by atoms with Crippen molar-refractivity contribution in [3.8, 4) is 0 Å². The van der Waals surface area contributed by atoms with E-state index in [0.29, 0.717) is 43.4 Å². The van der Waals surface area contributed by atoms with Gasteiger partial charge in [0.25, 0.3) is 5.78 Å². The van der Waals surface area contributed by atoms with Crippen molar-refractivity contribution in [3.63, 3.8) is 0 Å². The van der Waals surface area contributed by atoms with E-state index in [4.69, 9.17) is 0 Å². The maximum Gasteiger partial charge on any atom is 0.452 e. The highest BCUT2D eigenvalue weighted by Gasteiger charge is 2.58. The molecule has 12 heteroatoms. The molecule has 2 amide bonds. The SMILES string of the molecule is CC(C)C(NC(=O)[C@@H]1CCCN1C(=O)[C@@H](NS(=O)(=O)C12CC3CC(CC(C3)C1)C2)C(C)C)C(=O)C(F)(F)F. The maximum absolute atomic E-state index is 13.8. The summed E-state index contributed by atoms with van der Waals surface area (Å²) in [6.07, 6.45) is 0.570. The summed E-state index contributed by atoms with van der Waals surface area (Å²) < 4.78 is 68.7. The summed E-state index contributed by atoms with van der Waals surface area (Å²) in [5.41, 5.74) is 0. The number of alkyl halides is 3. The quantitative estimate of drug-likeness (QED) is 0.448. The summed E-state index contributed by atoms with van der Waals surface area (Å²) in [5.74, 6) is -3.48. The van der Waals surface area contributed by atoms with E-state index in [2.05, 4.69) is 10.0 Å². The molecule has 5 fully saturated rings. The van der Waals surface area contributed by atoms with E-state index < -0.39 is 68.5 Å². The molecule has 4 bridgehead atoms. The van der Waals surface area contributed by atoms with Crippen molar-refractivity contribution in [1.82, 2.24) is 14.9 Å². The summed E-state index contributed by atoms with van der Waals surface area (Å²) in [7, 11) is -3.86. The first-order valence-corrected chi connectivity index (χ1v) is 15.3. The average molecular weight is 564 g/mol. The molecule has 216 valence electrons. The van der Waals surface area contributed by atoms with Gasteiger partial charge in [0.15, 0.2) is 0 Å². The van der Waals surface area contributed by atoms with E-state index in [0.717, 1.165) is 19.3 Å². The zero-order valence-electron chi connectivity index (χ0n) is 22.5. The van der Waals surface area contributed by atoms with Gasteiger partial charge in [0.2, 0.25) is 21.8 Å². The lowest BCUT2D eigenvalue weighted by Crippen LogP contribution is -2.62. The molecular weight excluding hydrogens is 523 g/mol. The van der Waals surface area contributed by atoms with E-state index in [1.54, 1.807) is 13.8 Å². The monoisotopic (exact) mass is 563 g/mol. The number of rotatable bonds is 9. The van der Waals surface area contributed by atoms with Crippen LogP contribution in [0.15, 0.2) is 0 Å². The van der Waals surface area contributed by atoms with Gasteiger partial charge in [-0.05, 0) is 81.0 Å². The van der Waals surface area contributed by atoms with Crippen LogP contribution in [-0.2, 0) is 24.4 Å². The average Bonchev–Trinajstić information content (AvgIpc) is 3.28. The number of sulfonamides is 1. The molecule has 1 saturated heterocycles. The molecule has 4 saturated carbocycles. The zero-order valence-corrected chi connectivity index (χ0v) is 23.3. The number of amides is 2. The molecule has 5 rings (SSSR count). The Morgan fingerprint density at radius 1 is 0.895 bits per heavy atom. The number of carbonyl (C=O) groups excluding carboxylic acids is 3. The van der Waals surface area contributed by atoms with Gasteiger partial charge in [-0.25, -0.2) is 13.1 Å². The van der Waals surface area contributed by atoms with Crippen molar-refractivity contribution in [2.24, 2.45) is 29.6 Å². The Bertz CT molecular complexity index is 1020. The molecule has 38 heavy (non-hydrogen) atoms. The molecule has 4 aliphatic carbocycles. The van der Waals surface area contributed by atoms with Gasteiger partial charge in [0, 0.05) is 6.54 Å². The second kappa shape index (κ2) is 10.4. The Hall–Kier alpha value is -1.69. The number of carbonyl (C=O) groups is 3. The van der Waals surface area contributed by atoms with Crippen molar-refractivity contribution in [2.45, 2.75) is 108 Å². The van der Waals surface area contributed by atoms with Gasteiger partial charge in [-0.1, -0.05) is 27.7 Å². The molecular formula is C26H40F3N3O5S. The van der Waals surface area contributed by atoms with Crippen LogP contribution in [0.25, 0.3) is 0 Å². The Morgan fingerprint density at radius 2 is 1.39 bits per heavy atom. The summed E-state index contributed by atoms with van der Waals surface area (Å²) in [6.45, 7) is 6.44. The fraction of sp³-hybridized carbons (Fsp3) is 0.885. The number of likely N-dealkylation sites (tertiary alicyclic amines) is 1. The minimum atomic E-state index is -5.11. The molecule has 1 heterocycles. The number of Topliss-reactive ketones (excluding diaryl/α,β-unsaturated/α-hetero) is 1. The summed E-state index contributed by atoms with van der Waals surface area (Å²) in [4.78, 5) is 39.9. The Balaban J connectivity index is 1.50. The second-order valence-electron chi connectivity index (χ2n) is 12.7. The van der Waals surface area contributed by atoms with Crippen molar-refractivity contribution >= 4 is 27.6 Å². The topological polar surface area (TPSA) is 113 Å². The fourth-order valence-corrected chi connectivity index (χ4v) is 9.89. The minimum Gasteiger partial charge on any atom is -0.344 e. The van der Waals surface area contributed by atoms with Crippen LogP contribution in [-0.4, -0.2) is 66.5 Å². The first-order valence-electron chi connectivity index (χ1n) is 13.8. The molecule has 0 aromatic heterocycles. The number of ketones is 1. The van der Waals surface area contributed by atoms with E-state index >= 15 is 0 Å². The van der Waals surface area contributed by atoms with Crippen molar-refractivity contribution in [2.75, 3.05) is 6.54 Å². The molecule has 0 aromatic rings. The van der Waals surface area contributed by atoms with Crippen LogP contribution in [0.3, 0.4) is 0 Å². The summed E-state index contributed by atoms with van der Waals surface area (Å²) >= 11 is 0. The van der Waals surface area contributed by atoms with Gasteiger partial charge >= 0.3 is 6.18 Å². The molecule has 0 aromatic carbocycles. The van der Waals surface area contributed by atoms with Crippen LogP contribution in [0.2, 0.25) is 0 Å². The number of hydrogen-bond donors (Lipinski definition) is 2. The van der Waals surface area contributed by atoms with Crippen LogP contribution in [0.5, 0.6) is 0 Å². The van der Waals surface area contributed by atoms with E-state index in [-0.39, 0.29) is 13.0 Å². The number of nitrogens with one attached hydrogen (secondary N) is 2. The van der Waals surface area contributed by atoms with Crippen molar-refractivity contribution in [3.05, 3.63) is 0 Å². The third kappa shape index (κ3) is 5.48. The predicted octanol–water partition coefficient (Wildman–Crippen LogP) is 3.16. The molecule has 3 atom stereocenters. The van der Waals surface area contributed by atoms with Crippen molar-refractivity contribution in [1.29, 1.82) is 0 Å². The highest BCUT2D eigenvalue weighted by atomic mass is 32.2. The Kier molecular flexibility index (Phi) is 8.00. The number of nitrogens with zero attached hydrogens (tertiary/aromatic N) is 1. The standard InChI is InChI=1S/C26H40F3N3O5S/c1-14(2)20(22(33)26(27,28)29)30-23(34)19-6-5-7-32(19)24(35)21(15(3)4)31-38(36,37)25-11-16-8-17(12-25)10-18(9-16)13-25/h14-21,31H,5-13H2,1-4H3,(H,30,34)/t16?,17?,18?,19-,20?,21-,25?/m0/s1. The van der Waals surface area contributed by atoms with Crippen LogP contribution in [0.1, 0.15) is 79.1 Å². The zero-order chi connectivity index (χ0) is 28.2. The summed E-state index contributed by atoms with van der Waals surface area (Å²) in [6, 6.07) is -3.94. The predicted molar refractivity (Wildman–Crippen MR) is 134 cm³/mol. The van der Waals surface area contributed by atoms with Gasteiger partial charge < -0.3 is 10.2 Å². The van der Waals surface area contributed by atoms with Crippen LogP contribution in [0, 0.1) is 29.6 Å². The first kappa shape index (κ1) is 29.3. The maximum atomic E-state index is 13.8. The fourth-order valence-electron chi connectivity index (χ4n) is 7.57. The minimum absolute atomic E-state index is 0.179.